The summed E-state index contributed by atoms with van der Waals surface area (Å²) < 4.78 is 0. The molecule has 1 atom stereocenters. The Kier molecular flexibility index (Phi) is 3.86. The second-order valence-electron chi connectivity index (χ2n) is 6.38. The monoisotopic (exact) mass is 324 g/mol. The molecular formula is C17H20N6O. The smallest absolute Gasteiger partial charge is 0.295 e. The van der Waals surface area contributed by atoms with E-state index in [1.165, 1.54) is 0 Å². The van der Waals surface area contributed by atoms with Crippen LogP contribution in [0.25, 0.3) is 10.9 Å². The summed E-state index contributed by atoms with van der Waals surface area (Å²) in [6.07, 6.45) is 2.11. The molecule has 24 heavy (non-hydrogen) atoms. The summed E-state index contributed by atoms with van der Waals surface area (Å²) in [7, 11) is 0. The second-order valence-corrected chi connectivity index (χ2v) is 6.38. The van der Waals surface area contributed by atoms with Gasteiger partial charge in [0.25, 0.3) is 0 Å². The number of aromatic amines is 2. The quantitative estimate of drug-likeness (QED) is 0.766. The normalized spacial score (nSPS) is 19.0. The third kappa shape index (κ3) is 2.94. The predicted molar refractivity (Wildman–Crippen MR) is 90.7 cm³/mol. The van der Waals surface area contributed by atoms with Crippen LogP contribution >= 0.6 is 0 Å². The van der Waals surface area contributed by atoms with Crippen LogP contribution in [0.2, 0.25) is 0 Å². The fraction of sp³-hybridized carbons (Fsp3) is 0.412. The fourth-order valence-corrected chi connectivity index (χ4v) is 3.46. The molecule has 0 amide bonds. The Balaban J connectivity index is 1.53. The molecular weight excluding hydrogens is 304 g/mol. The minimum Gasteiger partial charge on any atom is -0.295 e. The molecule has 0 radical (unpaired) electrons. The van der Waals surface area contributed by atoms with Crippen molar-refractivity contribution in [2.45, 2.75) is 32.2 Å². The maximum absolute atomic E-state index is 11.3. The second kappa shape index (κ2) is 6.16. The van der Waals surface area contributed by atoms with Gasteiger partial charge >= 0.3 is 5.69 Å². The van der Waals surface area contributed by atoms with Crippen LogP contribution in [0.3, 0.4) is 0 Å². The summed E-state index contributed by atoms with van der Waals surface area (Å²) in [5.74, 6) is 1.85. The maximum Gasteiger partial charge on any atom is 0.340 e. The molecule has 1 aromatic carbocycles. The molecule has 0 spiro atoms. The van der Waals surface area contributed by atoms with Crippen LogP contribution in [0.15, 0.2) is 29.1 Å². The van der Waals surface area contributed by atoms with Gasteiger partial charge in [0.1, 0.15) is 11.6 Å². The number of para-hydroxylation sites is 1. The first kappa shape index (κ1) is 15.0. The molecule has 1 aliphatic heterocycles. The summed E-state index contributed by atoms with van der Waals surface area (Å²) in [5.41, 5.74) is 1.77. The Bertz CT molecular complexity index is 915. The number of rotatable bonds is 3. The number of aromatic nitrogens is 5. The number of nitrogens with one attached hydrogen (secondary N) is 2. The van der Waals surface area contributed by atoms with Gasteiger partial charge in [0.15, 0.2) is 0 Å². The lowest BCUT2D eigenvalue weighted by molar-refractivity contribution is 0.192. The lowest BCUT2D eigenvalue weighted by Crippen LogP contribution is -2.35. The number of piperidine rings is 1. The van der Waals surface area contributed by atoms with E-state index in [0.29, 0.717) is 0 Å². The lowest BCUT2D eigenvalue weighted by atomic mass is 9.97. The molecule has 1 unspecified atom stereocenters. The summed E-state index contributed by atoms with van der Waals surface area (Å²) in [5, 5.41) is 7.64. The largest absolute Gasteiger partial charge is 0.340 e. The van der Waals surface area contributed by atoms with Crippen molar-refractivity contribution in [3.63, 3.8) is 0 Å². The first-order valence-corrected chi connectivity index (χ1v) is 8.28. The Hall–Kier alpha value is -2.54. The van der Waals surface area contributed by atoms with E-state index in [1.54, 1.807) is 0 Å². The molecule has 0 aliphatic carbocycles. The van der Waals surface area contributed by atoms with Gasteiger partial charge < -0.3 is 0 Å². The SMILES string of the molecule is Cc1nc(CN2CCCC(c3n[nH]c(=O)[nH]3)C2)nc2ccccc12. The maximum atomic E-state index is 11.3. The molecule has 0 bridgehead atoms. The molecule has 4 rings (SSSR count). The highest BCUT2D eigenvalue weighted by atomic mass is 16.1. The summed E-state index contributed by atoms with van der Waals surface area (Å²) in [6, 6.07) is 8.10. The molecule has 7 nitrogen and oxygen atoms in total. The third-order valence-corrected chi connectivity index (χ3v) is 4.62. The molecule has 3 aromatic rings. The number of nitrogens with zero attached hydrogens (tertiary/aromatic N) is 4. The zero-order valence-corrected chi connectivity index (χ0v) is 13.6. The summed E-state index contributed by atoms with van der Waals surface area (Å²) in [6.45, 7) is 4.62. The highest BCUT2D eigenvalue weighted by Crippen LogP contribution is 2.24. The highest BCUT2D eigenvalue weighted by molar-refractivity contribution is 5.80. The van der Waals surface area contributed by atoms with E-state index in [4.69, 9.17) is 4.98 Å². The van der Waals surface area contributed by atoms with Crippen LogP contribution in [-0.2, 0) is 6.54 Å². The van der Waals surface area contributed by atoms with Crippen LogP contribution in [0.5, 0.6) is 0 Å². The van der Waals surface area contributed by atoms with Crippen LogP contribution in [0.4, 0.5) is 0 Å². The Labute approximate surface area is 139 Å². The van der Waals surface area contributed by atoms with Gasteiger partial charge in [0.05, 0.1) is 12.1 Å². The van der Waals surface area contributed by atoms with Gasteiger partial charge in [0, 0.05) is 23.5 Å². The molecule has 1 fully saturated rings. The van der Waals surface area contributed by atoms with Gasteiger partial charge in [-0.15, -0.1) is 0 Å². The van der Waals surface area contributed by atoms with E-state index in [9.17, 15) is 4.79 Å². The van der Waals surface area contributed by atoms with E-state index in [1.807, 2.05) is 25.1 Å². The summed E-state index contributed by atoms with van der Waals surface area (Å²) in [4.78, 5) is 25.7. The first-order chi connectivity index (χ1) is 11.7. The van der Waals surface area contributed by atoms with Crippen molar-refractivity contribution in [1.29, 1.82) is 0 Å². The van der Waals surface area contributed by atoms with Gasteiger partial charge in [0.2, 0.25) is 0 Å². The van der Waals surface area contributed by atoms with Gasteiger partial charge in [-0.25, -0.2) is 19.9 Å². The van der Waals surface area contributed by atoms with Gasteiger partial charge in [-0.05, 0) is 32.4 Å². The van der Waals surface area contributed by atoms with Crippen molar-refractivity contribution in [3.05, 3.63) is 52.1 Å². The molecule has 2 N–H and O–H groups in total. The van der Waals surface area contributed by atoms with Gasteiger partial charge in [-0.2, -0.15) is 5.10 Å². The number of aryl methyl sites for hydroxylation is 1. The number of H-pyrrole nitrogens is 2. The van der Waals surface area contributed by atoms with Crippen molar-refractivity contribution in [3.8, 4) is 0 Å². The topological polar surface area (TPSA) is 90.6 Å². The van der Waals surface area contributed by atoms with Gasteiger partial charge in [-0.1, -0.05) is 18.2 Å². The Morgan fingerprint density at radius 3 is 3.00 bits per heavy atom. The minimum atomic E-state index is -0.240. The fourth-order valence-electron chi connectivity index (χ4n) is 3.46. The third-order valence-electron chi connectivity index (χ3n) is 4.62. The van der Waals surface area contributed by atoms with E-state index in [-0.39, 0.29) is 11.6 Å². The van der Waals surface area contributed by atoms with Crippen molar-refractivity contribution in [2.24, 2.45) is 0 Å². The van der Waals surface area contributed by atoms with E-state index >= 15 is 0 Å². The van der Waals surface area contributed by atoms with E-state index in [2.05, 4.69) is 31.1 Å². The summed E-state index contributed by atoms with van der Waals surface area (Å²) >= 11 is 0. The highest BCUT2D eigenvalue weighted by Gasteiger charge is 2.24. The van der Waals surface area contributed by atoms with Crippen molar-refractivity contribution in [1.82, 2.24) is 30.0 Å². The molecule has 3 heterocycles. The Morgan fingerprint density at radius 2 is 2.17 bits per heavy atom. The Morgan fingerprint density at radius 1 is 1.29 bits per heavy atom. The minimum absolute atomic E-state index is 0.240. The zero-order valence-electron chi connectivity index (χ0n) is 13.6. The number of fused-ring (bicyclic) bond motifs is 1. The van der Waals surface area contributed by atoms with Crippen LogP contribution in [-0.4, -0.2) is 43.1 Å². The number of hydrogen-bond acceptors (Lipinski definition) is 5. The van der Waals surface area contributed by atoms with Crippen LogP contribution < -0.4 is 5.69 Å². The van der Waals surface area contributed by atoms with E-state index in [0.717, 1.165) is 60.7 Å². The van der Waals surface area contributed by atoms with Crippen LogP contribution in [0.1, 0.15) is 36.1 Å². The standard InChI is InChI=1S/C17H20N6O/c1-11-13-6-2-3-7-14(13)19-15(18-11)10-23-8-4-5-12(9-23)16-20-17(24)22-21-16/h2-3,6-7,12H,4-5,8-10H2,1H3,(H2,20,21,22,24). The van der Waals surface area contributed by atoms with Crippen LogP contribution in [0, 0.1) is 6.92 Å². The predicted octanol–water partition coefficient (Wildman–Crippen LogP) is 1.73. The molecule has 2 aromatic heterocycles. The number of likely N-dealkylation sites (tertiary alicyclic amines) is 1. The molecule has 124 valence electrons. The van der Waals surface area contributed by atoms with Gasteiger partial charge in [-0.3, -0.25) is 9.88 Å². The molecule has 7 heteroatoms. The zero-order chi connectivity index (χ0) is 16.5. The van der Waals surface area contributed by atoms with Crippen molar-refractivity contribution in [2.75, 3.05) is 13.1 Å². The van der Waals surface area contributed by atoms with Crippen molar-refractivity contribution < 1.29 is 0 Å². The molecule has 1 saturated heterocycles. The molecule has 0 saturated carbocycles. The lowest BCUT2D eigenvalue weighted by Gasteiger charge is -2.31. The molecule has 1 aliphatic rings. The average molecular weight is 324 g/mol. The first-order valence-electron chi connectivity index (χ1n) is 8.28. The van der Waals surface area contributed by atoms with E-state index < -0.39 is 0 Å². The van der Waals surface area contributed by atoms with Crippen molar-refractivity contribution >= 4 is 10.9 Å². The number of benzene rings is 1. The average Bonchev–Trinajstić information content (AvgIpc) is 3.02. The number of hydrogen-bond donors (Lipinski definition) is 2.